The molecule has 24 heavy (non-hydrogen) atoms. The Hall–Kier alpha value is -2.06. The van der Waals surface area contributed by atoms with Gasteiger partial charge in [0.15, 0.2) is 0 Å². The van der Waals surface area contributed by atoms with Gasteiger partial charge in [-0.3, -0.25) is 4.72 Å². The predicted molar refractivity (Wildman–Crippen MR) is 86.4 cm³/mol. The van der Waals surface area contributed by atoms with E-state index in [1.807, 2.05) is 0 Å². The highest BCUT2D eigenvalue weighted by atomic mass is 35.5. The van der Waals surface area contributed by atoms with Gasteiger partial charge in [0.1, 0.15) is 16.4 Å². The zero-order chi connectivity index (χ0) is 18.0. The molecule has 0 saturated carbocycles. The molecule has 0 atom stereocenters. The van der Waals surface area contributed by atoms with E-state index >= 15 is 0 Å². The van der Waals surface area contributed by atoms with Gasteiger partial charge in [0, 0.05) is 17.3 Å². The van der Waals surface area contributed by atoms with E-state index in [-0.39, 0.29) is 22.1 Å². The van der Waals surface area contributed by atoms with Crippen LogP contribution in [-0.4, -0.2) is 21.1 Å². The molecule has 5 nitrogen and oxygen atoms in total. The van der Waals surface area contributed by atoms with Crippen LogP contribution in [0.3, 0.4) is 0 Å². The van der Waals surface area contributed by atoms with Crippen molar-refractivity contribution in [2.75, 3.05) is 11.8 Å². The van der Waals surface area contributed by atoms with Crippen molar-refractivity contribution < 1.29 is 26.7 Å². The van der Waals surface area contributed by atoms with Crippen LogP contribution in [0, 0.1) is 6.92 Å². The van der Waals surface area contributed by atoms with E-state index in [0.717, 1.165) is 5.56 Å². The molecule has 0 saturated heterocycles. The first-order valence-corrected chi connectivity index (χ1v) is 8.50. The number of benzene rings is 2. The van der Waals surface area contributed by atoms with Crippen molar-refractivity contribution in [1.29, 1.82) is 0 Å². The van der Waals surface area contributed by atoms with Crippen LogP contribution < -0.4 is 14.2 Å². The highest BCUT2D eigenvalue weighted by Crippen LogP contribution is 2.29. The van der Waals surface area contributed by atoms with Crippen LogP contribution in [0.2, 0.25) is 0 Å². The van der Waals surface area contributed by atoms with Crippen LogP contribution in [0.4, 0.5) is 14.5 Å². The highest BCUT2D eigenvalue weighted by molar-refractivity contribution is 7.92. The second kappa shape index (κ2) is 6.82. The quantitative estimate of drug-likeness (QED) is 0.773. The van der Waals surface area contributed by atoms with E-state index in [1.54, 1.807) is 19.1 Å². The summed E-state index contributed by atoms with van der Waals surface area (Å²) >= 11 is 4.66. The highest BCUT2D eigenvalue weighted by Gasteiger charge is 2.27. The molecule has 0 bridgehead atoms. The molecule has 0 radical (unpaired) electrons. The number of alkyl halides is 3. The van der Waals surface area contributed by atoms with E-state index < -0.39 is 15.6 Å². The van der Waals surface area contributed by atoms with E-state index in [0.29, 0.717) is 0 Å². The molecule has 0 aliphatic heterocycles. The van der Waals surface area contributed by atoms with Crippen LogP contribution in [0.15, 0.2) is 47.4 Å². The predicted octanol–water partition coefficient (Wildman–Crippen LogP) is 3.97. The molecular formula is C15H14ClF2NO4S. The zero-order valence-corrected chi connectivity index (χ0v) is 14.3. The van der Waals surface area contributed by atoms with Gasteiger partial charge in [-0.2, -0.15) is 0 Å². The number of rotatable bonds is 6. The lowest BCUT2D eigenvalue weighted by molar-refractivity contribution is -0.0964. The van der Waals surface area contributed by atoms with Crippen LogP contribution >= 0.6 is 11.6 Å². The lowest BCUT2D eigenvalue weighted by atomic mass is 10.2. The number of halogens is 3. The Labute approximate surface area is 143 Å². The van der Waals surface area contributed by atoms with Gasteiger partial charge in [-0.15, -0.1) is 8.78 Å². The minimum absolute atomic E-state index is 0.0300. The third-order valence-electron chi connectivity index (χ3n) is 2.95. The molecule has 2 aromatic carbocycles. The van der Waals surface area contributed by atoms with Gasteiger partial charge in [-0.1, -0.05) is 6.07 Å². The van der Waals surface area contributed by atoms with Crippen LogP contribution in [0.1, 0.15) is 5.56 Å². The van der Waals surface area contributed by atoms with Gasteiger partial charge in [0.2, 0.25) is 0 Å². The van der Waals surface area contributed by atoms with Crippen LogP contribution in [0.5, 0.6) is 11.5 Å². The number of ether oxygens (including phenoxy) is 2. The maximum absolute atomic E-state index is 12.5. The standard InChI is InChI=1S/C15H14ClF2NO4S/c1-10-3-8-13(22-2)14(9-10)24(20,21)19-11-4-6-12(7-5-11)23-15(16,17)18/h3-9,19H,1-2H3. The van der Waals surface area contributed by atoms with Crippen molar-refractivity contribution >= 4 is 27.3 Å². The van der Waals surface area contributed by atoms with Crippen molar-refractivity contribution in [3.8, 4) is 11.5 Å². The van der Waals surface area contributed by atoms with Gasteiger partial charge in [0.25, 0.3) is 10.0 Å². The summed E-state index contributed by atoms with van der Waals surface area (Å²) in [6.45, 7) is 1.75. The Morgan fingerprint density at radius 3 is 2.29 bits per heavy atom. The molecular weight excluding hydrogens is 364 g/mol. The second-order valence-corrected chi connectivity index (χ2v) is 6.92. The van der Waals surface area contributed by atoms with Gasteiger partial charge in [0.05, 0.1) is 7.11 Å². The summed E-state index contributed by atoms with van der Waals surface area (Å²) in [5.74, 6) is -0.0130. The Kier molecular flexibility index (Phi) is 5.19. The minimum Gasteiger partial charge on any atom is -0.495 e. The van der Waals surface area contributed by atoms with Gasteiger partial charge < -0.3 is 9.47 Å². The summed E-state index contributed by atoms with van der Waals surface area (Å²) in [6, 6.07) is 9.62. The number of aryl methyl sites for hydroxylation is 1. The molecule has 0 spiro atoms. The monoisotopic (exact) mass is 377 g/mol. The lowest BCUT2D eigenvalue weighted by Gasteiger charge is -2.13. The van der Waals surface area contributed by atoms with Gasteiger partial charge >= 0.3 is 5.57 Å². The van der Waals surface area contributed by atoms with E-state index in [4.69, 9.17) is 4.74 Å². The molecule has 0 heterocycles. The first-order chi connectivity index (χ1) is 11.1. The van der Waals surface area contributed by atoms with E-state index in [9.17, 15) is 17.2 Å². The molecule has 130 valence electrons. The first-order valence-electron chi connectivity index (χ1n) is 6.64. The number of sulfonamides is 1. The van der Waals surface area contributed by atoms with Gasteiger partial charge in [-0.25, -0.2) is 8.42 Å². The summed E-state index contributed by atoms with van der Waals surface area (Å²) in [5.41, 5.74) is -2.93. The fourth-order valence-electron chi connectivity index (χ4n) is 1.93. The third kappa shape index (κ3) is 4.72. The van der Waals surface area contributed by atoms with Crippen molar-refractivity contribution in [2.45, 2.75) is 17.4 Å². The fraction of sp³-hybridized carbons (Fsp3) is 0.200. The zero-order valence-electron chi connectivity index (χ0n) is 12.7. The molecule has 0 aliphatic rings. The third-order valence-corrected chi connectivity index (χ3v) is 4.43. The number of methoxy groups -OCH3 is 1. The summed E-state index contributed by atoms with van der Waals surface area (Å²) < 4.78 is 61.6. The molecule has 0 unspecified atom stereocenters. The molecule has 1 N–H and O–H groups in total. The molecule has 2 rings (SSSR count). The number of hydrogen-bond donors (Lipinski definition) is 1. The van der Waals surface area contributed by atoms with E-state index in [1.165, 1.54) is 37.4 Å². The largest absolute Gasteiger partial charge is 0.495 e. The van der Waals surface area contributed by atoms with Crippen molar-refractivity contribution in [1.82, 2.24) is 0 Å². The average molecular weight is 378 g/mol. The Morgan fingerprint density at radius 2 is 1.75 bits per heavy atom. The minimum atomic E-state index is -3.92. The normalized spacial score (nSPS) is 11.9. The molecule has 9 heteroatoms. The smallest absolute Gasteiger partial charge is 0.487 e. The number of hydrogen-bond acceptors (Lipinski definition) is 4. The molecule has 0 aromatic heterocycles. The van der Waals surface area contributed by atoms with Crippen LogP contribution in [-0.2, 0) is 10.0 Å². The SMILES string of the molecule is COc1ccc(C)cc1S(=O)(=O)Nc1ccc(OC(F)(F)Cl)cc1. The van der Waals surface area contributed by atoms with E-state index in [2.05, 4.69) is 21.1 Å². The Morgan fingerprint density at radius 1 is 1.12 bits per heavy atom. The molecule has 0 aliphatic carbocycles. The Balaban J connectivity index is 2.25. The molecule has 2 aromatic rings. The lowest BCUT2D eigenvalue weighted by Crippen LogP contribution is -2.16. The topological polar surface area (TPSA) is 64.6 Å². The summed E-state index contributed by atoms with van der Waals surface area (Å²) in [7, 11) is -2.55. The summed E-state index contributed by atoms with van der Waals surface area (Å²) in [6.07, 6.45) is 0. The van der Waals surface area contributed by atoms with Gasteiger partial charge in [-0.05, 0) is 48.9 Å². The maximum Gasteiger partial charge on any atom is 0.487 e. The molecule has 0 fully saturated rings. The maximum atomic E-state index is 12.5. The first kappa shape index (κ1) is 18.3. The van der Waals surface area contributed by atoms with Crippen molar-refractivity contribution in [2.24, 2.45) is 0 Å². The van der Waals surface area contributed by atoms with Crippen LogP contribution in [0.25, 0.3) is 0 Å². The van der Waals surface area contributed by atoms with Crippen molar-refractivity contribution in [3.63, 3.8) is 0 Å². The van der Waals surface area contributed by atoms with Crippen molar-refractivity contribution in [3.05, 3.63) is 48.0 Å². The summed E-state index contributed by atoms with van der Waals surface area (Å²) in [5, 5.41) is 0. The molecule has 0 amide bonds. The fourth-order valence-corrected chi connectivity index (χ4v) is 3.33. The second-order valence-electron chi connectivity index (χ2n) is 4.83. The summed E-state index contributed by atoms with van der Waals surface area (Å²) in [4.78, 5) is -0.0300. The number of anilines is 1. The number of nitrogens with one attached hydrogen (secondary N) is 1. The Bertz CT molecular complexity index is 820. The average Bonchev–Trinajstić information content (AvgIpc) is 2.47.